The Morgan fingerprint density at radius 2 is 1.68 bits per heavy atom. The number of anilines is 1. The van der Waals surface area contributed by atoms with Crippen LogP contribution in [-0.4, -0.2) is 31.1 Å². The third-order valence-corrected chi connectivity index (χ3v) is 5.58. The lowest BCUT2D eigenvalue weighted by molar-refractivity contribution is -0.119. The molecule has 3 rings (SSSR count). The molecule has 1 N–H and O–H groups in total. The lowest BCUT2D eigenvalue weighted by Crippen LogP contribution is -2.22. The Bertz CT molecular complexity index is 1110. The van der Waals surface area contributed by atoms with Crippen LogP contribution in [0, 0.1) is 0 Å². The Balaban J connectivity index is 1.76. The standard InChI is InChI=1S/C22H17Cl2NO5S/c1-2-29-22(28)19-16(13-7-9-14(23)10-8-13)12-31-20(19)25-18(26)11-30-21(27)15-5-3-4-6-17(15)24/h3-10,12H,2,11H2,1H3,(H,25,26). The number of benzene rings is 2. The maximum atomic E-state index is 12.6. The molecule has 0 spiro atoms. The summed E-state index contributed by atoms with van der Waals surface area (Å²) in [6.07, 6.45) is 0. The number of hydrogen-bond donors (Lipinski definition) is 1. The van der Waals surface area contributed by atoms with E-state index in [2.05, 4.69) is 5.32 Å². The van der Waals surface area contributed by atoms with Crippen molar-refractivity contribution < 1.29 is 23.9 Å². The van der Waals surface area contributed by atoms with Gasteiger partial charge < -0.3 is 14.8 Å². The smallest absolute Gasteiger partial charge is 0.341 e. The van der Waals surface area contributed by atoms with Crippen molar-refractivity contribution in [2.75, 3.05) is 18.5 Å². The van der Waals surface area contributed by atoms with Gasteiger partial charge >= 0.3 is 11.9 Å². The number of halogens is 2. The van der Waals surface area contributed by atoms with E-state index in [1.165, 1.54) is 6.07 Å². The van der Waals surface area contributed by atoms with E-state index >= 15 is 0 Å². The molecule has 160 valence electrons. The molecule has 0 atom stereocenters. The fourth-order valence-electron chi connectivity index (χ4n) is 2.70. The van der Waals surface area contributed by atoms with Crippen molar-refractivity contribution in [2.24, 2.45) is 0 Å². The molecule has 1 amide bonds. The lowest BCUT2D eigenvalue weighted by Gasteiger charge is -2.09. The molecule has 1 heterocycles. The van der Waals surface area contributed by atoms with Crippen LogP contribution >= 0.6 is 34.5 Å². The van der Waals surface area contributed by atoms with Gasteiger partial charge in [0, 0.05) is 16.0 Å². The second-order valence-corrected chi connectivity index (χ2v) is 7.91. The average Bonchev–Trinajstić information content (AvgIpc) is 3.16. The maximum Gasteiger partial charge on any atom is 0.341 e. The van der Waals surface area contributed by atoms with E-state index in [0.717, 1.165) is 16.9 Å². The third-order valence-electron chi connectivity index (χ3n) is 4.11. The monoisotopic (exact) mass is 477 g/mol. The molecule has 0 radical (unpaired) electrons. The normalized spacial score (nSPS) is 10.4. The minimum absolute atomic E-state index is 0.158. The van der Waals surface area contributed by atoms with Gasteiger partial charge in [0.05, 0.1) is 17.2 Å². The fraction of sp³-hybridized carbons (Fsp3) is 0.136. The zero-order valence-corrected chi connectivity index (χ0v) is 18.6. The van der Waals surface area contributed by atoms with Crippen molar-refractivity contribution in [1.82, 2.24) is 0 Å². The van der Waals surface area contributed by atoms with E-state index in [4.69, 9.17) is 32.7 Å². The quantitative estimate of drug-likeness (QED) is 0.441. The van der Waals surface area contributed by atoms with Crippen LogP contribution in [0.1, 0.15) is 27.6 Å². The number of rotatable bonds is 7. The summed E-state index contributed by atoms with van der Waals surface area (Å²) in [6, 6.07) is 13.3. The van der Waals surface area contributed by atoms with Crippen molar-refractivity contribution in [3.8, 4) is 11.1 Å². The van der Waals surface area contributed by atoms with Crippen LogP contribution in [-0.2, 0) is 14.3 Å². The Morgan fingerprint density at radius 1 is 0.968 bits per heavy atom. The van der Waals surface area contributed by atoms with E-state index in [-0.39, 0.29) is 22.8 Å². The van der Waals surface area contributed by atoms with Crippen LogP contribution in [0.2, 0.25) is 10.0 Å². The molecule has 0 aliphatic heterocycles. The van der Waals surface area contributed by atoms with Crippen LogP contribution in [0.4, 0.5) is 5.00 Å². The topological polar surface area (TPSA) is 81.7 Å². The van der Waals surface area contributed by atoms with Gasteiger partial charge in [-0.2, -0.15) is 0 Å². The van der Waals surface area contributed by atoms with Crippen LogP contribution < -0.4 is 5.32 Å². The van der Waals surface area contributed by atoms with Crippen LogP contribution in [0.3, 0.4) is 0 Å². The zero-order chi connectivity index (χ0) is 22.4. The number of nitrogens with one attached hydrogen (secondary N) is 1. The van der Waals surface area contributed by atoms with Crippen LogP contribution in [0.5, 0.6) is 0 Å². The summed E-state index contributed by atoms with van der Waals surface area (Å²) >= 11 is 13.1. The summed E-state index contributed by atoms with van der Waals surface area (Å²) in [6.45, 7) is 1.33. The van der Waals surface area contributed by atoms with E-state index < -0.39 is 24.5 Å². The highest BCUT2D eigenvalue weighted by atomic mass is 35.5. The minimum atomic E-state index is -0.723. The number of ether oxygens (including phenoxy) is 2. The molecule has 0 aliphatic carbocycles. The van der Waals surface area contributed by atoms with Gasteiger partial charge in [-0.05, 0) is 36.8 Å². The summed E-state index contributed by atoms with van der Waals surface area (Å²) in [5.41, 5.74) is 1.73. The van der Waals surface area contributed by atoms with E-state index in [1.807, 2.05) is 0 Å². The lowest BCUT2D eigenvalue weighted by atomic mass is 10.0. The van der Waals surface area contributed by atoms with Gasteiger partial charge in [-0.3, -0.25) is 4.79 Å². The molecule has 31 heavy (non-hydrogen) atoms. The van der Waals surface area contributed by atoms with Crippen molar-refractivity contribution in [3.63, 3.8) is 0 Å². The van der Waals surface area contributed by atoms with Gasteiger partial charge in [-0.15, -0.1) is 11.3 Å². The summed E-state index contributed by atoms with van der Waals surface area (Å²) in [4.78, 5) is 37.1. The largest absolute Gasteiger partial charge is 0.462 e. The summed E-state index contributed by atoms with van der Waals surface area (Å²) < 4.78 is 10.2. The van der Waals surface area contributed by atoms with Gasteiger partial charge in [-0.1, -0.05) is 47.5 Å². The predicted molar refractivity (Wildman–Crippen MR) is 121 cm³/mol. The number of esters is 2. The highest BCUT2D eigenvalue weighted by molar-refractivity contribution is 7.15. The molecule has 0 unspecified atom stereocenters. The summed E-state index contributed by atoms with van der Waals surface area (Å²) in [5, 5.41) is 5.43. The Hall–Kier alpha value is -2.87. The van der Waals surface area contributed by atoms with Crippen molar-refractivity contribution >= 4 is 57.4 Å². The molecule has 3 aromatic rings. The first-order valence-electron chi connectivity index (χ1n) is 9.16. The molecule has 9 heteroatoms. The number of carbonyl (C=O) groups excluding carboxylic acids is 3. The second kappa shape index (κ2) is 10.4. The number of amides is 1. The molecule has 0 bridgehead atoms. The van der Waals surface area contributed by atoms with Crippen molar-refractivity contribution in [2.45, 2.75) is 6.92 Å². The molecule has 0 aliphatic rings. The predicted octanol–water partition coefficient (Wildman–Crippen LogP) is 5.69. The Kier molecular flexibility index (Phi) is 7.68. The number of thiophene rings is 1. The first-order chi connectivity index (χ1) is 14.9. The SMILES string of the molecule is CCOC(=O)c1c(-c2ccc(Cl)cc2)csc1NC(=O)COC(=O)c1ccccc1Cl. The van der Waals surface area contributed by atoms with Gasteiger partial charge in [0.1, 0.15) is 10.6 Å². The van der Waals surface area contributed by atoms with Gasteiger partial charge in [-0.25, -0.2) is 9.59 Å². The van der Waals surface area contributed by atoms with Crippen LogP contribution in [0.25, 0.3) is 11.1 Å². The first-order valence-corrected chi connectivity index (χ1v) is 10.8. The number of carbonyl (C=O) groups is 3. The van der Waals surface area contributed by atoms with E-state index in [1.54, 1.807) is 54.8 Å². The van der Waals surface area contributed by atoms with Crippen LogP contribution in [0.15, 0.2) is 53.9 Å². The summed E-state index contributed by atoms with van der Waals surface area (Å²) in [7, 11) is 0. The molecule has 6 nitrogen and oxygen atoms in total. The average molecular weight is 478 g/mol. The third kappa shape index (κ3) is 5.64. The van der Waals surface area contributed by atoms with Crippen molar-refractivity contribution in [1.29, 1.82) is 0 Å². The molecule has 0 saturated carbocycles. The zero-order valence-electron chi connectivity index (χ0n) is 16.3. The summed E-state index contributed by atoms with van der Waals surface area (Å²) in [5.74, 6) is -1.90. The highest BCUT2D eigenvalue weighted by Crippen LogP contribution is 2.36. The molecule has 0 saturated heterocycles. The Morgan fingerprint density at radius 3 is 2.35 bits per heavy atom. The van der Waals surface area contributed by atoms with Gasteiger partial charge in [0.2, 0.25) is 0 Å². The second-order valence-electron chi connectivity index (χ2n) is 6.19. The molecule has 2 aromatic carbocycles. The molecule has 1 aromatic heterocycles. The van der Waals surface area contributed by atoms with Crippen molar-refractivity contribution in [3.05, 3.63) is 75.1 Å². The molecule has 0 fully saturated rings. The van der Waals surface area contributed by atoms with Gasteiger partial charge in [0.25, 0.3) is 5.91 Å². The Labute approximate surface area is 192 Å². The highest BCUT2D eigenvalue weighted by Gasteiger charge is 2.23. The first kappa shape index (κ1) is 22.8. The number of hydrogen-bond acceptors (Lipinski definition) is 6. The fourth-order valence-corrected chi connectivity index (χ4v) is 4.01. The molecular weight excluding hydrogens is 461 g/mol. The molecular formula is C22H17Cl2NO5S. The maximum absolute atomic E-state index is 12.6. The minimum Gasteiger partial charge on any atom is -0.462 e. The van der Waals surface area contributed by atoms with Gasteiger partial charge in [0.15, 0.2) is 6.61 Å². The van der Waals surface area contributed by atoms with E-state index in [9.17, 15) is 14.4 Å². The van der Waals surface area contributed by atoms with E-state index in [0.29, 0.717) is 15.6 Å².